The maximum atomic E-state index is 11.9. The van der Waals surface area contributed by atoms with Gasteiger partial charge in [-0.3, -0.25) is 4.79 Å². The summed E-state index contributed by atoms with van der Waals surface area (Å²) >= 11 is 0. The summed E-state index contributed by atoms with van der Waals surface area (Å²) in [7, 11) is 3.10. The number of carbonyl (C=O) groups is 1. The van der Waals surface area contributed by atoms with E-state index in [9.17, 15) is 4.79 Å². The van der Waals surface area contributed by atoms with E-state index in [0.29, 0.717) is 23.6 Å². The van der Waals surface area contributed by atoms with Crippen molar-refractivity contribution in [3.63, 3.8) is 0 Å². The van der Waals surface area contributed by atoms with Crippen molar-refractivity contribution < 1.29 is 14.3 Å². The zero-order valence-corrected chi connectivity index (χ0v) is 11.2. The molecule has 1 unspecified atom stereocenters. The number of nitrogens with two attached hydrogens (primary N) is 1. The summed E-state index contributed by atoms with van der Waals surface area (Å²) in [6, 6.07) is 5.17. The average Bonchev–Trinajstić information content (AvgIpc) is 2.38. The fraction of sp³-hybridized carbons (Fsp3) is 0.462. The highest BCUT2D eigenvalue weighted by Crippen LogP contribution is 2.30. The van der Waals surface area contributed by atoms with Gasteiger partial charge in [0.1, 0.15) is 0 Å². The first-order valence-electron chi connectivity index (χ1n) is 5.77. The lowest BCUT2D eigenvalue weighted by atomic mass is 9.99. The molecule has 0 fully saturated rings. The van der Waals surface area contributed by atoms with Gasteiger partial charge in [0.2, 0.25) is 5.91 Å². The highest BCUT2D eigenvalue weighted by atomic mass is 16.5. The van der Waals surface area contributed by atoms with Crippen molar-refractivity contribution in [1.82, 2.24) is 0 Å². The van der Waals surface area contributed by atoms with Crippen LogP contribution in [0, 0.1) is 0 Å². The second-order valence-electron chi connectivity index (χ2n) is 4.29. The molecule has 0 heterocycles. The van der Waals surface area contributed by atoms with E-state index in [1.165, 1.54) is 0 Å². The Morgan fingerprint density at radius 2 is 1.94 bits per heavy atom. The Balaban J connectivity index is 2.89. The number of hydrogen-bond acceptors (Lipinski definition) is 4. The van der Waals surface area contributed by atoms with Gasteiger partial charge >= 0.3 is 0 Å². The van der Waals surface area contributed by atoms with Crippen molar-refractivity contribution in [3.05, 3.63) is 18.2 Å². The zero-order chi connectivity index (χ0) is 13.8. The lowest BCUT2D eigenvalue weighted by Crippen LogP contribution is -2.47. The summed E-state index contributed by atoms with van der Waals surface area (Å²) < 4.78 is 10.3. The van der Waals surface area contributed by atoms with Gasteiger partial charge in [-0.25, -0.2) is 0 Å². The molecule has 0 aliphatic rings. The van der Waals surface area contributed by atoms with Crippen molar-refractivity contribution in [2.75, 3.05) is 19.5 Å². The van der Waals surface area contributed by atoms with Crippen LogP contribution in [-0.2, 0) is 4.79 Å². The number of ether oxygens (including phenoxy) is 2. The van der Waals surface area contributed by atoms with Gasteiger partial charge in [0, 0.05) is 11.8 Å². The van der Waals surface area contributed by atoms with Crippen molar-refractivity contribution in [3.8, 4) is 11.5 Å². The third-order valence-corrected chi connectivity index (χ3v) is 2.89. The van der Waals surface area contributed by atoms with E-state index < -0.39 is 5.54 Å². The molecule has 0 radical (unpaired) electrons. The van der Waals surface area contributed by atoms with Crippen molar-refractivity contribution in [2.45, 2.75) is 25.8 Å². The minimum absolute atomic E-state index is 0.225. The molecule has 0 bridgehead atoms. The number of nitrogens with one attached hydrogen (secondary N) is 1. The van der Waals surface area contributed by atoms with Gasteiger partial charge in [-0.15, -0.1) is 0 Å². The molecule has 1 rings (SSSR count). The smallest absolute Gasteiger partial charge is 0.244 e. The molecule has 1 amide bonds. The predicted molar refractivity (Wildman–Crippen MR) is 71.1 cm³/mol. The molecule has 0 aliphatic carbocycles. The molecule has 0 aromatic heterocycles. The van der Waals surface area contributed by atoms with Crippen LogP contribution >= 0.6 is 0 Å². The minimum atomic E-state index is -0.882. The lowest BCUT2D eigenvalue weighted by molar-refractivity contribution is -0.120. The molecule has 3 N–H and O–H groups in total. The number of hydrogen-bond donors (Lipinski definition) is 2. The van der Waals surface area contributed by atoms with E-state index in [-0.39, 0.29) is 5.91 Å². The predicted octanol–water partition coefficient (Wildman–Crippen LogP) is 1.77. The van der Waals surface area contributed by atoms with Crippen LogP contribution in [0.2, 0.25) is 0 Å². The highest BCUT2D eigenvalue weighted by Gasteiger charge is 2.26. The Labute approximate surface area is 107 Å². The standard InChI is InChI=1S/C13H20N2O3/c1-5-13(2,14)12(16)15-9-6-7-10(17-3)11(8-9)18-4/h6-8H,5,14H2,1-4H3,(H,15,16). The molecule has 5 heteroatoms. The highest BCUT2D eigenvalue weighted by molar-refractivity contribution is 5.97. The summed E-state index contributed by atoms with van der Waals surface area (Å²) in [5.41, 5.74) is 5.61. The quantitative estimate of drug-likeness (QED) is 0.837. The molecule has 1 aromatic carbocycles. The molecule has 18 heavy (non-hydrogen) atoms. The number of carbonyl (C=O) groups excluding carboxylic acids is 1. The maximum Gasteiger partial charge on any atom is 0.244 e. The van der Waals surface area contributed by atoms with Gasteiger partial charge in [0.05, 0.1) is 19.8 Å². The molecule has 0 aliphatic heterocycles. The van der Waals surface area contributed by atoms with Gasteiger partial charge in [-0.2, -0.15) is 0 Å². The van der Waals surface area contributed by atoms with Crippen LogP contribution in [0.4, 0.5) is 5.69 Å². The van der Waals surface area contributed by atoms with E-state index in [4.69, 9.17) is 15.2 Å². The van der Waals surface area contributed by atoms with Crippen LogP contribution in [0.5, 0.6) is 11.5 Å². The van der Waals surface area contributed by atoms with E-state index in [0.717, 1.165) is 0 Å². The molecule has 0 saturated heterocycles. The van der Waals surface area contributed by atoms with Crippen LogP contribution in [0.1, 0.15) is 20.3 Å². The Kier molecular flexibility index (Phi) is 4.55. The Bertz CT molecular complexity index is 430. The van der Waals surface area contributed by atoms with Crippen LogP contribution < -0.4 is 20.5 Å². The van der Waals surface area contributed by atoms with Crippen LogP contribution in [0.3, 0.4) is 0 Å². The summed E-state index contributed by atoms with van der Waals surface area (Å²) in [4.78, 5) is 11.9. The van der Waals surface area contributed by atoms with Crippen molar-refractivity contribution >= 4 is 11.6 Å². The first kappa shape index (κ1) is 14.3. The molecule has 1 atom stereocenters. The summed E-state index contributed by atoms with van der Waals surface area (Å²) in [5, 5.41) is 2.76. The van der Waals surface area contributed by atoms with Crippen LogP contribution in [0.15, 0.2) is 18.2 Å². The number of methoxy groups -OCH3 is 2. The Hall–Kier alpha value is -1.75. The summed E-state index contributed by atoms with van der Waals surface area (Å²) in [6.45, 7) is 3.57. The second-order valence-corrected chi connectivity index (χ2v) is 4.29. The summed E-state index contributed by atoms with van der Waals surface area (Å²) in [6.07, 6.45) is 0.562. The SMILES string of the molecule is CCC(C)(N)C(=O)Nc1ccc(OC)c(OC)c1. The molecular weight excluding hydrogens is 232 g/mol. The topological polar surface area (TPSA) is 73.6 Å². The van der Waals surface area contributed by atoms with E-state index in [1.807, 2.05) is 6.92 Å². The minimum Gasteiger partial charge on any atom is -0.493 e. The Morgan fingerprint density at radius 1 is 1.33 bits per heavy atom. The lowest BCUT2D eigenvalue weighted by Gasteiger charge is -2.21. The second kappa shape index (κ2) is 5.73. The Morgan fingerprint density at radius 3 is 2.44 bits per heavy atom. The largest absolute Gasteiger partial charge is 0.493 e. The van der Waals surface area contributed by atoms with E-state index in [2.05, 4.69) is 5.32 Å². The normalized spacial score (nSPS) is 13.6. The van der Waals surface area contributed by atoms with Gasteiger partial charge in [0.15, 0.2) is 11.5 Å². The number of rotatable bonds is 5. The fourth-order valence-corrected chi connectivity index (χ4v) is 1.35. The van der Waals surface area contributed by atoms with E-state index >= 15 is 0 Å². The van der Waals surface area contributed by atoms with Crippen LogP contribution in [0.25, 0.3) is 0 Å². The first-order valence-corrected chi connectivity index (χ1v) is 5.77. The third kappa shape index (κ3) is 3.13. The van der Waals surface area contributed by atoms with Gasteiger partial charge in [0.25, 0.3) is 0 Å². The number of anilines is 1. The monoisotopic (exact) mass is 252 g/mol. The summed E-state index contributed by atoms with van der Waals surface area (Å²) in [5.74, 6) is 0.948. The third-order valence-electron chi connectivity index (χ3n) is 2.89. The molecule has 5 nitrogen and oxygen atoms in total. The van der Waals surface area contributed by atoms with Gasteiger partial charge in [-0.05, 0) is 25.5 Å². The molecule has 100 valence electrons. The number of amides is 1. The van der Waals surface area contributed by atoms with Crippen LogP contribution in [-0.4, -0.2) is 25.7 Å². The van der Waals surface area contributed by atoms with Crippen molar-refractivity contribution in [2.24, 2.45) is 5.73 Å². The maximum absolute atomic E-state index is 11.9. The zero-order valence-electron chi connectivity index (χ0n) is 11.2. The molecule has 0 saturated carbocycles. The molecule has 1 aromatic rings. The molecular formula is C13H20N2O3. The fourth-order valence-electron chi connectivity index (χ4n) is 1.35. The van der Waals surface area contributed by atoms with Crippen molar-refractivity contribution in [1.29, 1.82) is 0 Å². The number of benzene rings is 1. The first-order chi connectivity index (χ1) is 8.44. The van der Waals surface area contributed by atoms with Gasteiger partial charge < -0.3 is 20.5 Å². The average molecular weight is 252 g/mol. The van der Waals surface area contributed by atoms with E-state index in [1.54, 1.807) is 39.3 Å². The molecule has 0 spiro atoms. The van der Waals surface area contributed by atoms with Gasteiger partial charge in [-0.1, -0.05) is 6.92 Å².